The van der Waals surface area contributed by atoms with Crippen molar-refractivity contribution in [1.29, 1.82) is 0 Å². The number of nitrogens with zero attached hydrogens (tertiary/aromatic N) is 1. The molecule has 0 fully saturated rings. The summed E-state index contributed by atoms with van der Waals surface area (Å²) in [6.45, 7) is 1.57. The molecule has 1 atom stereocenters. The zero-order valence-electron chi connectivity index (χ0n) is 19.3. The average Bonchev–Trinajstić information content (AvgIpc) is 2.77. The first-order chi connectivity index (χ1) is 16.9. The maximum absolute atomic E-state index is 14.3. The van der Waals surface area contributed by atoms with Gasteiger partial charge in [-0.3, -0.25) is 4.79 Å². The molecule has 3 rings (SSSR count). The van der Waals surface area contributed by atoms with Crippen LogP contribution in [-0.2, 0) is 21.2 Å². The van der Waals surface area contributed by atoms with Gasteiger partial charge in [0.1, 0.15) is 29.3 Å². The van der Waals surface area contributed by atoms with Crippen molar-refractivity contribution in [3.05, 3.63) is 87.9 Å². The summed E-state index contributed by atoms with van der Waals surface area (Å²) in [6.07, 6.45) is 3.78. The Morgan fingerprint density at radius 2 is 1.61 bits per heavy atom. The van der Waals surface area contributed by atoms with E-state index in [1.807, 2.05) is 4.72 Å². The standard InChI is InChI=1S/C24H23F4N3O4S/c1-14-5-3-4-6-22(14)36(34,35)30-24(33)29-20(11-15-9-17(26)12-18(27)10-15)23(32)31(2)21-8-7-16(25)13-19(21)28/h5-10,12-13,20H,3-4,11H2,1-2H3,(H2,29,30,33). The van der Waals surface area contributed by atoms with Crippen LogP contribution in [0.15, 0.2) is 59.0 Å². The Bertz CT molecular complexity index is 1340. The van der Waals surface area contributed by atoms with Crippen molar-refractivity contribution in [2.45, 2.75) is 32.2 Å². The number of hydrogen-bond acceptors (Lipinski definition) is 4. The van der Waals surface area contributed by atoms with Gasteiger partial charge in [0.15, 0.2) is 0 Å². The molecule has 2 aromatic carbocycles. The van der Waals surface area contributed by atoms with Crippen molar-refractivity contribution in [3.8, 4) is 0 Å². The summed E-state index contributed by atoms with van der Waals surface area (Å²) in [5, 5.41) is 2.19. The summed E-state index contributed by atoms with van der Waals surface area (Å²) in [7, 11) is -3.14. The van der Waals surface area contributed by atoms with E-state index in [4.69, 9.17) is 0 Å². The van der Waals surface area contributed by atoms with E-state index in [1.54, 1.807) is 13.0 Å². The SMILES string of the molecule is CC1=CCCC=C1S(=O)(=O)NC(=O)NC(Cc1cc(F)cc(F)c1)C(=O)N(C)c1ccc(F)cc1F. The molecule has 0 spiro atoms. The highest BCUT2D eigenvalue weighted by Gasteiger charge is 2.30. The lowest BCUT2D eigenvalue weighted by molar-refractivity contribution is -0.120. The second-order valence-electron chi connectivity index (χ2n) is 8.14. The van der Waals surface area contributed by atoms with Crippen molar-refractivity contribution in [2.75, 3.05) is 11.9 Å². The average molecular weight is 526 g/mol. The first-order valence-electron chi connectivity index (χ1n) is 10.8. The molecule has 192 valence electrons. The van der Waals surface area contributed by atoms with Crippen LogP contribution in [0.4, 0.5) is 28.0 Å². The second-order valence-corrected chi connectivity index (χ2v) is 9.79. The zero-order valence-corrected chi connectivity index (χ0v) is 20.1. The predicted molar refractivity (Wildman–Crippen MR) is 125 cm³/mol. The summed E-state index contributed by atoms with van der Waals surface area (Å²) in [5.41, 5.74) is 0.0754. The number of carbonyl (C=O) groups excluding carboxylic acids is 2. The first-order valence-corrected chi connectivity index (χ1v) is 12.2. The van der Waals surface area contributed by atoms with Gasteiger partial charge in [-0.1, -0.05) is 12.2 Å². The monoisotopic (exact) mass is 525 g/mol. The molecule has 2 aromatic rings. The molecule has 0 aliphatic heterocycles. The molecule has 1 aliphatic carbocycles. The van der Waals surface area contributed by atoms with Crippen molar-refractivity contribution in [2.24, 2.45) is 0 Å². The molecular formula is C24H23F4N3O4S. The first kappa shape index (κ1) is 26.9. The molecule has 7 nitrogen and oxygen atoms in total. The lowest BCUT2D eigenvalue weighted by atomic mass is 10.0. The van der Waals surface area contributed by atoms with Crippen LogP contribution in [0.3, 0.4) is 0 Å². The normalized spacial score (nSPS) is 14.4. The molecule has 3 amide bonds. The molecular weight excluding hydrogens is 502 g/mol. The van der Waals surface area contributed by atoms with Crippen molar-refractivity contribution in [3.63, 3.8) is 0 Å². The van der Waals surface area contributed by atoms with Crippen LogP contribution in [0.5, 0.6) is 0 Å². The number of likely N-dealkylation sites (N-methyl/N-ethyl adjacent to an activating group) is 1. The van der Waals surface area contributed by atoms with Crippen LogP contribution in [-0.4, -0.2) is 33.4 Å². The lowest BCUT2D eigenvalue weighted by Gasteiger charge is -2.25. The van der Waals surface area contributed by atoms with Gasteiger partial charge in [-0.25, -0.2) is 35.5 Å². The Balaban J connectivity index is 1.88. The lowest BCUT2D eigenvalue weighted by Crippen LogP contribution is -2.52. The Hall–Kier alpha value is -3.67. The van der Waals surface area contributed by atoms with Crippen LogP contribution in [0.1, 0.15) is 25.3 Å². The van der Waals surface area contributed by atoms with Crippen molar-refractivity contribution in [1.82, 2.24) is 10.0 Å². The summed E-state index contributed by atoms with van der Waals surface area (Å²) < 4.78 is 82.2. The molecule has 0 bridgehead atoms. The van der Waals surface area contributed by atoms with Crippen molar-refractivity contribution >= 4 is 27.6 Å². The van der Waals surface area contributed by atoms with E-state index < -0.39 is 57.7 Å². The third-order valence-corrected chi connectivity index (χ3v) is 6.94. The summed E-state index contributed by atoms with van der Waals surface area (Å²) in [5.74, 6) is -4.78. The van der Waals surface area contributed by atoms with Gasteiger partial charge in [0.2, 0.25) is 5.91 Å². The third-order valence-electron chi connectivity index (χ3n) is 5.42. The zero-order chi connectivity index (χ0) is 26.6. The van der Waals surface area contributed by atoms with Gasteiger partial charge >= 0.3 is 6.03 Å². The molecule has 1 unspecified atom stereocenters. The van der Waals surface area contributed by atoms with Crippen LogP contribution < -0.4 is 14.9 Å². The number of sulfonamides is 1. The van der Waals surface area contributed by atoms with E-state index in [0.717, 1.165) is 36.2 Å². The Morgan fingerprint density at radius 3 is 2.22 bits per heavy atom. The Kier molecular flexibility index (Phi) is 8.18. The van der Waals surface area contributed by atoms with E-state index in [-0.39, 0.29) is 16.2 Å². The number of amides is 3. The highest BCUT2D eigenvalue weighted by atomic mass is 32.2. The molecule has 1 aliphatic rings. The Labute approximate surface area is 205 Å². The van der Waals surface area contributed by atoms with Crippen LogP contribution in [0.2, 0.25) is 0 Å². The highest BCUT2D eigenvalue weighted by Crippen LogP contribution is 2.23. The molecule has 0 saturated carbocycles. The number of benzene rings is 2. The second kappa shape index (κ2) is 10.9. The van der Waals surface area contributed by atoms with E-state index in [2.05, 4.69) is 5.32 Å². The minimum Gasteiger partial charge on any atom is -0.325 e. The number of allylic oxidation sites excluding steroid dienone is 3. The molecule has 36 heavy (non-hydrogen) atoms. The molecule has 12 heteroatoms. The fourth-order valence-electron chi connectivity index (χ4n) is 3.73. The molecule has 0 aromatic heterocycles. The number of anilines is 1. The number of halogens is 4. The summed E-state index contributed by atoms with van der Waals surface area (Å²) >= 11 is 0. The predicted octanol–water partition coefficient (Wildman–Crippen LogP) is 4.07. The van der Waals surface area contributed by atoms with Gasteiger partial charge in [-0.05, 0) is 55.2 Å². The van der Waals surface area contributed by atoms with Crippen LogP contribution in [0, 0.1) is 23.3 Å². The number of carbonyl (C=O) groups is 2. The fourth-order valence-corrected chi connectivity index (χ4v) is 4.99. The Morgan fingerprint density at radius 1 is 0.972 bits per heavy atom. The largest absolute Gasteiger partial charge is 0.329 e. The number of hydrogen-bond donors (Lipinski definition) is 2. The quantitative estimate of drug-likeness (QED) is 0.533. The molecule has 0 radical (unpaired) electrons. The van der Waals surface area contributed by atoms with E-state index in [0.29, 0.717) is 30.5 Å². The maximum atomic E-state index is 14.3. The topological polar surface area (TPSA) is 95.6 Å². The third kappa shape index (κ3) is 6.51. The minimum absolute atomic E-state index is 0.0317. The van der Waals surface area contributed by atoms with Gasteiger partial charge in [-0.2, -0.15) is 0 Å². The summed E-state index contributed by atoms with van der Waals surface area (Å²) in [6, 6.07) is 2.08. The highest BCUT2D eigenvalue weighted by molar-refractivity contribution is 7.94. The van der Waals surface area contributed by atoms with E-state index >= 15 is 0 Å². The minimum atomic E-state index is -4.29. The van der Waals surface area contributed by atoms with Gasteiger partial charge < -0.3 is 10.2 Å². The molecule has 0 heterocycles. The number of rotatable bonds is 7. The maximum Gasteiger partial charge on any atom is 0.329 e. The smallest absolute Gasteiger partial charge is 0.325 e. The number of nitrogens with one attached hydrogen (secondary N) is 2. The van der Waals surface area contributed by atoms with Gasteiger partial charge in [0, 0.05) is 25.6 Å². The van der Waals surface area contributed by atoms with Gasteiger partial charge in [0.25, 0.3) is 10.0 Å². The van der Waals surface area contributed by atoms with Gasteiger partial charge in [0.05, 0.1) is 10.6 Å². The summed E-state index contributed by atoms with van der Waals surface area (Å²) in [4.78, 5) is 26.5. The fraction of sp³-hybridized carbons (Fsp3) is 0.250. The molecule has 2 N–H and O–H groups in total. The van der Waals surface area contributed by atoms with Gasteiger partial charge in [-0.15, -0.1) is 0 Å². The van der Waals surface area contributed by atoms with Crippen molar-refractivity contribution < 1.29 is 35.6 Å². The van der Waals surface area contributed by atoms with Crippen LogP contribution in [0.25, 0.3) is 0 Å². The molecule has 0 saturated heterocycles. The van der Waals surface area contributed by atoms with E-state index in [1.165, 1.54) is 6.08 Å². The number of urea groups is 1. The van der Waals surface area contributed by atoms with Crippen LogP contribution >= 0.6 is 0 Å². The van der Waals surface area contributed by atoms with E-state index in [9.17, 15) is 35.6 Å².